The number of rotatable bonds is 7. The molecule has 0 aromatic heterocycles. The topological polar surface area (TPSA) is 66.9 Å². The van der Waals surface area contributed by atoms with E-state index in [-0.39, 0.29) is 32.0 Å². The SMILES string of the molecule is O=C(CC1(COc2ccc(Cl)cc2)CCCN(S(=O)(=O)c2ccc(F)cc2F)C1)N1CCCCC1. The number of ether oxygens (including phenoxy) is 1. The highest BCUT2D eigenvalue weighted by Gasteiger charge is 2.43. The summed E-state index contributed by atoms with van der Waals surface area (Å²) in [6, 6.07) is 9.25. The van der Waals surface area contributed by atoms with E-state index in [1.54, 1.807) is 24.3 Å². The highest BCUT2D eigenvalue weighted by Crippen LogP contribution is 2.38. The Morgan fingerprint density at radius 1 is 1.00 bits per heavy atom. The third-order valence-electron chi connectivity index (χ3n) is 6.73. The molecule has 10 heteroatoms. The molecule has 2 fully saturated rings. The van der Waals surface area contributed by atoms with Gasteiger partial charge in [-0.3, -0.25) is 4.79 Å². The number of carbonyl (C=O) groups excluding carboxylic acids is 1. The lowest BCUT2D eigenvalue weighted by Gasteiger charge is -2.42. The van der Waals surface area contributed by atoms with E-state index in [1.165, 1.54) is 4.31 Å². The van der Waals surface area contributed by atoms with Crippen LogP contribution in [-0.2, 0) is 14.8 Å². The molecule has 190 valence electrons. The third-order valence-corrected chi connectivity index (χ3v) is 8.86. The minimum absolute atomic E-state index is 0.000675. The van der Waals surface area contributed by atoms with Gasteiger partial charge in [-0.25, -0.2) is 17.2 Å². The van der Waals surface area contributed by atoms with Crippen LogP contribution < -0.4 is 4.74 Å². The van der Waals surface area contributed by atoms with Gasteiger partial charge in [-0.2, -0.15) is 4.31 Å². The van der Waals surface area contributed by atoms with E-state index in [1.807, 2.05) is 4.90 Å². The fourth-order valence-corrected chi connectivity index (χ4v) is 6.61. The number of carbonyl (C=O) groups is 1. The molecule has 2 saturated heterocycles. The van der Waals surface area contributed by atoms with Gasteiger partial charge in [0.25, 0.3) is 0 Å². The van der Waals surface area contributed by atoms with Crippen molar-refractivity contribution in [3.8, 4) is 5.75 Å². The summed E-state index contributed by atoms with van der Waals surface area (Å²) in [6.07, 6.45) is 4.18. The summed E-state index contributed by atoms with van der Waals surface area (Å²) in [5, 5.41) is 0.559. The molecule has 2 aliphatic heterocycles. The van der Waals surface area contributed by atoms with Gasteiger partial charge in [0.15, 0.2) is 0 Å². The molecule has 0 bridgehead atoms. The van der Waals surface area contributed by atoms with Gasteiger partial charge in [-0.15, -0.1) is 0 Å². The predicted molar refractivity (Wildman–Crippen MR) is 129 cm³/mol. The van der Waals surface area contributed by atoms with Crippen molar-refractivity contribution < 1.29 is 26.7 Å². The minimum atomic E-state index is -4.24. The molecule has 0 radical (unpaired) electrons. The highest BCUT2D eigenvalue weighted by atomic mass is 35.5. The van der Waals surface area contributed by atoms with E-state index in [0.717, 1.165) is 31.4 Å². The molecule has 0 N–H and O–H groups in total. The van der Waals surface area contributed by atoms with Crippen LogP contribution in [0.3, 0.4) is 0 Å². The van der Waals surface area contributed by atoms with Crippen LogP contribution >= 0.6 is 11.6 Å². The monoisotopic (exact) mass is 526 g/mol. The Morgan fingerprint density at radius 3 is 2.40 bits per heavy atom. The maximum atomic E-state index is 14.4. The zero-order valence-corrected chi connectivity index (χ0v) is 21.0. The van der Waals surface area contributed by atoms with Gasteiger partial charge in [0.2, 0.25) is 15.9 Å². The number of halogens is 3. The first-order valence-corrected chi connectivity index (χ1v) is 13.6. The number of hydrogen-bond donors (Lipinski definition) is 0. The van der Waals surface area contributed by atoms with Crippen LogP contribution in [0.4, 0.5) is 8.78 Å². The second kappa shape index (κ2) is 10.8. The number of benzene rings is 2. The van der Waals surface area contributed by atoms with Crippen molar-refractivity contribution in [2.45, 2.75) is 43.4 Å². The lowest BCUT2D eigenvalue weighted by molar-refractivity contribution is -0.136. The largest absolute Gasteiger partial charge is 0.493 e. The van der Waals surface area contributed by atoms with Crippen molar-refractivity contribution in [2.24, 2.45) is 5.41 Å². The first kappa shape index (κ1) is 25.9. The van der Waals surface area contributed by atoms with Crippen molar-refractivity contribution in [2.75, 3.05) is 32.8 Å². The second-order valence-electron chi connectivity index (χ2n) is 9.38. The van der Waals surface area contributed by atoms with Gasteiger partial charge in [0, 0.05) is 49.1 Å². The summed E-state index contributed by atoms with van der Waals surface area (Å²) < 4.78 is 61.7. The van der Waals surface area contributed by atoms with E-state index in [2.05, 4.69) is 0 Å². The van der Waals surface area contributed by atoms with Crippen LogP contribution in [0, 0.1) is 17.0 Å². The molecule has 0 saturated carbocycles. The zero-order valence-electron chi connectivity index (χ0n) is 19.4. The van der Waals surface area contributed by atoms with Crippen molar-refractivity contribution in [1.29, 1.82) is 0 Å². The van der Waals surface area contributed by atoms with Crippen molar-refractivity contribution in [1.82, 2.24) is 9.21 Å². The predicted octanol–water partition coefficient (Wildman–Crippen LogP) is 4.87. The Balaban J connectivity index is 1.59. The first-order valence-electron chi connectivity index (χ1n) is 11.8. The standard InChI is InChI=1S/C25H29ClF2N2O4S/c26-19-5-8-21(9-6-19)34-18-25(16-24(31)29-12-2-1-3-13-29)11-4-14-30(17-25)35(32,33)23-10-7-20(27)15-22(23)28/h5-10,15H,1-4,11-14,16-18H2. The van der Waals surface area contributed by atoms with Crippen LogP contribution in [-0.4, -0.2) is 56.3 Å². The summed E-state index contributed by atoms with van der Waals surface area (Å²) >= 11 is 5.96. The van der Waals surface area contributed by atoms with Crippen LogP contribution in [0.1, 0.15) is 38.5 Å². The Morgan fingerprint density at radius 2 is 1.71 bits per heavy atom. The summed E-state index contributed by atoms with van der Waals surface area (Å²) in [6.45, 7) is 1.68. The number of piperidine rings is 2. The lowest BCUT2D eigenvalue weighted by atomic mass is 9.78. The molecule has 1 unspecified atom stereocenters. The molecule has 0 aliphatic carbocycles. The Hall–Kier alpha value is -2.23. The molecule has 2 aliphatic rings. The van der Waals surface area contributed by atoms with E-state index in [4.69, 9.17) is 16.3 Å². The molecule has 2 heterocycles. The van der Waals surface area contributed by atoms with E-state index in [0.29, 0.717) is 42.8 Å². The molecule has 6 nitrogen and oxygen atoms in total. The van der Waals surface area contributed by atoms with Gasteiger partial charge >= 0.3 is 0 Å². The highest BCUT2D eigenvalue weighted by molar-refractivity contribution is 7.89. The fraction of sp³-hybridized carbons (Fsp3) is 0.480. The first-order chi connectivity index (χ1) is 16.7. The molecular weight excluding hydrogens is 498 g/mol. The van der Waals surface area contributed by atoms with E-state index < -0.39 is 32.0 Å². The number of likely N-dealkylation sites (tertiary alicyclic amines) is 1. The van der Waals surface area contributed by atoms with Gasteiger partial charge in [-0.1, -0.05) is 11.6 Å². The Bertz CT molecular complexity index is 1160. The Labute approximate surface area is 209 Å². The molecule has 4 rings (SSSR count). The molecular formula is C25H29ClF2N2O4S. The molecule has 1 atom stereocenters. The summed E-state index contributed by atoms with van der Waals surface area (Å²) in [4.78, 5) is 14.5. The van der Waals surface area contributed by atoms with Crippen molar-refractivity contribution in [3.63, 3.8) is 0 Å². The molecule has 2 aromatic rings. The second-order valence-corrected chi connectivity index (χ2v) is 11.7. The maximum absolute atomic E-state index is 14.4. The lowest BCUT2D eigenvalue weighted by Crippen LogP contribution is -2.51. The Kier molecular flexibility index (Phi) is 7.98. The fourth-order valence-electron chi connectivity index (χ4n) is 4.85. The number of sulfonamides is 1. The van der Waals surface area contributed by atoms with Crippen molar-refractivity contribution >= 4 is 27.5 Å². The summed E-state index contributed by atoms with van der Waals surface area (Å²) in [7, 11) is -4.24. The minimum Gasteiger partial charge on any atom is -0.493 e. The normalized spacial score (nSPS) is 21.6. The van der Waals surface area contributed by atoms with E-state index in [9.17, 15) is 22.0 Å². The smallest absolute Gasteiger partial charge is 0.246 e. The molecule has 0 spiro atoms. The third kappa shape index (κ3) is 6.13. The van der Waals surface area contributed by atoms with Gasteiger partial charge in [0.05, 0.1) is 6.61 Å². The average molecular weight is 527 g/mol. The average Bonchev–Trinajstić information content (AvgIpc) is 2.84. The number of hydrogen-bond acceptors (Lipinski definition) is 4. The van der Waals surface area contributed by atoms with Crippen LogP contribution in [0.15, 0.2) is 47.4 Å². The molecule has 1 amide bonds. The number of amides is 1. The van der Waals surface area contributed by atoms with E-state index >= 15 is 0 Å². The van der Waals surface area contributed by atoms with Gasteiger partial charge < -0.3 is 9.64 Å². The molecule has 35 heavy (non-hydrogen) atoms. The van der Waals surface area contributed by atoms with Crippen LogP contribution in [0.5, 0.6) is 5.75 Å². The summed E-state index contributed by atoms with van der Waals surface area (Å²) in [5.74, 6) is -1.46. The van der Waals surface area contributed by atoms with Crippen molar-refractivity contribution in [3.05, 3.63) is 59.1 Å². The van der Waals surface area contributed by atoms with Crippen LogP contribution in [0.2, 0.25) is 5.02 Å². The van der Waals surface area contributed by atoms with Crippen LogP contribution in [0.25, 0.3) is 0 Å². The molecule has 2 aromatic carbocycles. The van der Waals surface area contributed by atoms with Gasteiger partial charge in [0.1, 0.15) is 22.3 Å². The quantitative estimate of drug-likeness (QED) is 0.516. The maximum Gasteiger partial charge on any atom is 0.246 e. The zero-order chi connectivity index (χ0) is 25.1. The van der Waals surface area contributed by atoms with Gasteiger partial charge in [-0.05, 0) is 68.5 Å². The summed E-state index contributed by atoms with van der Waals surface area (Å²) in [5.41, 5.74) is -0.796. The number of nitrogens with zero attached hydrogens (tertiary/aromatic N) is 2.